The van der Waals surface area contributed by atoms with Gasteiger partial charge in [0.25, 0.3) is 5.91 Å². The van der Waals surface area contributed by atoms with Gasteiger partial charge in [-0.15, -0.1) is 0 Å². The molecule has 0 radical (unpaired) electrons. The van der Waals surface area contributed by atoms with Crippen LogP contribution in [-0.2, 0) is 0 Å². The van der Waals surface area contributed by atoms with Gasteiger partial charge in [0.15, 0.2) is 0 Å². The van der Waals surface area contributed by atoms with Gasteiger partial charge in [0, 0.05) is 11.8 Å². The van der Waals surface area contributed by atoms with E-state index in [-0.39, 0.29) is 23.2 Å². The molecule has 1 amide bonds. The number of aryl methyl sites for hydroxylation is 1. The molecule has 8 heteroatoms. The lowest BCUT2D eigenvalue weighted by molar-refractivity contribution is -0.118. The van der Waals surface area contributed by atoms with Gasteiger partial charge in [-0.3, -0.25) is 9.69 Å². The van der Waals surface area contributed by atoms with E-state index < -0.39 is 18.6 Å². The third-order valence-electron chi connectivity index (χ3n) is 3.52. The fourth-order valence-corrected chi connectivity index (χ4v) is 2.37. The lowest BCUT2D eigenvalue weighted by atomic mass is 10.2. The van der Waals surface area contributed by atoms with Crippen molar-refractivity contribution in [3.05, 3.63) is 66.2 Å². The summed E-state index contributed by atoms with van der Waals surface area (Å²) < 4.78 is 44.4. The highest BCUT2D eigenvalue weighted by atomic mass is 19.4. The van der Waals surface area contributed by atoms with E-state index in [1.807, 2.05) is 0 Å². The van der Waals surface area contributed by atoms with Crippen LogP contribution in [0.4, 0.5) is 19.0 Å². The number of rotatable bonds is 4. The number of pyridine rings is 1. The molecule has 2 aromatic heterocycles. The Hall–Kier alpha value is -3.16. The van der Waals surface area contributed by atoms with E-state index in [4.69, 9.17) is 4.42 Å². The van der Waals surface area contributed by atoms with Gasteiger partial charge < -0.3 is 4.42 Å². The summed E-state index contributed by atoms with van der Waals surface area (Å²) in [6.45, 7) is 0.0248. The van der Waals surface area contributed by atoms with Crippen molar-refractivity contribution in [2.45, 2.75) is 13.1 Å². The van der Waals surface area contributed by atoms with Gasteiger partial charge in [0.1, 0.15) is 12.4 Å². The molecule has 0 atom stereocenters. The van der Waals surface area contributed by atoms with Gasteiger partial charge in [-0.1, -0.05) is 24.3 Å². The highest BCUT2D eigenvalue weighted by molar-refractivity contribution is 6.04. The van der Waals surface area contributed by atoms with E-state index in [1.54, 1.807) is 36.4 Å². The summed E-state index contributed by atoms with van der Waals surface area (Å²) in [5, 5.41) is 0. The minimum absolute atomic E-state index is 0.119. The maximum Gasteiger partial charge on any atom is 0.406 e. The first-order valence-corrected chi connectivity index (χ1v) is 7.67. The molecule has 5 nitrogen and oxygen atoms in total. The Morgan fingerprint density at radius 1 is 1.12 bits per heavy atom. The quantitative estimate of drug-likeness (QED) is 0.697. The first-order chi connectivity index (χ1) is 12.3. The first-order valence-electron chi connectivity index (χ1n) is 7.67. The number of halogens is 3. The molecule has 0 saturated heterocycles. The minimum Gasteiger partial charge on any atom is -0.431 e. The van der Waals surface area contributed by atoms with Crippen molar-refractivity contribution in [1.82, 2.24) is 9.97 Å². The molecule has 0 aliphatic rings. The van der Waals surface area contributed by atoms with E-state index in [2.05, 4.69) is 9.97 Å². The summed E-state index contributed by atoms with van der Waals surface area (Å²) >= 11 is 0. The Balaban J connectivity index is 1.98. The summed E-state index contributed by atoms with van der Waals surface area (Å²) in [6, 6.07) is 13.2. The van der Waals surface area contributed by atoms with Gasteiger partial charge in [-0.25, -0.2) is 9.97 Å². The predicted molar refractivity (Wildman–Crippen MR) is 88.6 cm³/mol. The number of hydrogen-bond donors (Lipinski definition) is 0. The summed E-state index contributed by atoms with van der Waals surface area (Å²) in [5.41, 5.74) is 0.826. The van der Waals surface area contributed by atoms with Gasteiger partial charge in [0.2, 0.25) is 11.7 Å². The molecule has 26 heavy (non-hydrogen) atoms. The van der Waals surface area contributed by atoms with Crippen molar-refractivity contribution in [1.29, 1.82) is 0 Å². The van der Waals surface area contributed by atoms with E-state index in [0.717, 1.165) is 0 Å². The predicted octanol–water partition coefficient (Wildman–Crippen LogP) is 4.25. The molecule has 0 fully saturated rings. The second-order valence-corrected chi connectivity index (χ2v) is 5.49. The molecule has 0 unspecified atom stereocenters. The molecule has 3 rings (SSSR count). The number of amides is 1. The van der Waals surface area contributed by atoms with Gasteiger partial charge in [0.05, 0.1) is 5.69 Å². The number of nitrogens with zero attached hydrogens (tertiary/aromatic N) is 3. The maximum absolute atomic E-state index is 13.0. The van der Waals surface area contributed by atoms with Crippen LogP contribution in [0.15, 0.2) is 59.1 Å². The number of alkyl halides is 3. The van der Waals surface area contributed by atoms with Crippen molar-refractivity contribution < 1.29 is 22.4 Å². The van der Waals surface area contributed by atoms with Crippen LogP contribution >= 0.6 is 0 Å². The zero-order chi connectivity index (χ0) is 18.7. The molecule has 0 saturated carbocycles. The second kappa shape index (κ2) is 6.99. The van der Waals surface area contributed by atoms with Gasteiger partial charge in [-0.05, 0) is 31.2 Å². The van der Waals surface area contributed by atoms with Crippen molar-refractivity contribution in [3.8, 4) is 11.5 Å². The summed E-state index contributed by atoms with van der Waals surface area (Å²) in [5.74, 6) is -1.15. The standard InChI is InChI=1S/C18H14F3N3O2/c1-12-15(26-16(23-12)13-7-3-2-4-8-13)17(25)24(11-18(19,20)21)14-9-5-6-10-22-14/h2-10H,11H2,1H3. The third kappa shape index (κ3) is 3.90. The number of carbonyl (C=O) groups excluding carboxylic acids is 1. The van der Waals surface area contributed by atoms with Crippen LogP contribution in [-0.4, -0.2) is 28.6 Å². The van der Waals surface area contributed by atoms with E-state index in [1.165, 1.54) is 25.3 Å². The van der Waals surface area contributed by atoms with Crippen LogP contribution in [0, 0.1) is 6.92 Å². The van der Waals surface area contributed by atoms with Crippen molar-refractivity contribution >= 4 is 11.7 Å². The summed E-state index contributed by atoms with van der Waals surface area (Å²) in [6.07, 6.45) is -3.28. The van der Waals surface area contributed by atoms with E-state index in [0.29, 0.717) is 10.5 Å². The smallest absolute Gasteiger partial charge is 0.406 e. The Labute approximate surface area is 147 Å². The number of aromatic nitrogens is 2. The van der Waals surface area contributed by atoms with Crippen LogP contribution in [0.5, 0.6) is 0 Å². The van der Waals surface area contributed by atoms with Crippen LogP contribution in [0.1, 0.15) is 16.2 Å². The van der Waals surface area contributed by atoms with Gasteiger partial charge >= 0.3 is 6.18 Å². The fourth-order valence-electron chi connectivity index (χ4n) is 2.37. The zero-order valence-electron chi connectivity index (χ0n) is 13.7. The minimum atomic E-state index is -4.59. The molecule has 0 aliphatic heterocycles. The normalized spacial score (nSPS) is 11.4. The Morgan fingerprint density at radius 3 is 2.42 bits per heavy atom. The molecule has 0 N–H and O–H groups in total. The average molecular weight is 361 g/mol. The summed E-state index contributed by atoms with van der Waals surface area (Å²) in [4.78, 5) is 21.3. The maximum atomic E-state index is 13.0. The molecule has 0 aliphatic carbocycles. The molecule has 0 bridgehead atoms. The highest BCUT2D eigenvalue weighted by Crippen LogP contribution is 2.26. The topological polar surface area (TPSA) is 59.2 Å². The fraction of sp³-hybridized carbons (Fsp3) is 0.167. The SMILES string of the molecule is Cc1nc(-c2ccccc2)oc1C(=O)N(CC(F)(F)F)c1ccccn1. The monoisotopic (exact) mass is 361 g/mol. The Kier molecular flexibility index (Phi) is 4.75. The van der Waals surface area contributed by atoms with Crippen LogP contribution < -0.4 is 4.90 Å². The molecular weight excluding hydrogens is 347 g/mol. The molecule has 3 aromatic rings. The van der Waals surface area contributed by atoms with Crippen molar-refractivity contribution in [2.75, 3.05) is 11.4 Å². The Bertz CT molecular complexity index is 893. The number of benzene rings is 1. The van der Waals surface area contributed by atoms with E-state index in [9.17, 15) is 18.0 Å². The molecule has 2 heterocycles. The zero-order valence-corrected chi connectivity index (χ0v) is 13.7. The van der Waals surface area contributed by atoms with Crippen LogP contribution in [0.2, 0.25) is 0 Å². The third-order valence-corrected chi connectivity index (χ3v) is 3.52. The first kappa shape index (κ1) is 17.7. The average Bonchev–Trinajstić information content (AvgIpc) is 3.02. The summed E-state index contributed by atoms with van der Waals surface area (Å²) in [7, 11) is 0. The van der Waals surface area contributed by atoms with Crippen molar-refractivity contribution in [3.63, 3.8) is 0 Å². The van der Waals surface area contributed by atoms with Gasteiger partial charge in [-0.2, -0.15) is 13.2 Å². The lowest BCUT2D eigenvalue weighted by Gasteiger charge is -2.22. The molecule has 134 valence electrons. The lowest BCUT2D eigenvalue weighted by Crippen LogP contribution is -2.39. The van der Waals surface area contributed by atoms with Crippen LogP contribution in [0.3, 0.4) is 0 Å². The van der Waals surface area contributed by atoms with Crippen molar-refractivity contribution in [2.24, 2.45) is 0 Å². The molecule has 0 spiro atoms. The Morgan fingerprint density at radius 2 is 1.81 bits per heavy atom. The number of oxazole rings is 1. The largest absolute Gasteiger partial charge is 0.431 e. The molecular formula is C18H14F3N3O2. The number of carbonyl (C=O) groups is 1. The molecule has 1 aromatic carbocycles. The van der Waals surface area contributed by atoms with E-state index >= 15 is 0 Å². The second-order valence-electron chi connectivity index (χ2n) is 5.49. The van der Waals surface area contributed by atoms with Crippen LogP contribution in [0.25, 0.3) is 11.5 Å². The number of hydrogen-bond acceptors (Lipinski definition) is 4. The highest BCUT2D eigenvalue weighted by Gasteiger charge is 2.36. The number of anilines is 1.